The molecule has 0 spiro atoms. The lowest BCUT2D eigenvalue weighted by atomic mass is 10.0. The number of nitrogens with zero attached hydrogens (tertiary/aromatic N) is 1. The first-order valence-corrected chi connectivity index (χ1v) is 11.5. The van der Waals surface area contributed by atoms with Gasteiger partial charge in [-0.15, -0.1) is 0 Å². The Morgan fingerprint density at radius 3 is 2.43 bits per heavy atom. The van der Waals surface area contributed by atoms with Gasteiger partial charge in [0, 0.05) is 25.6 Å². The summed E-state index contributed by atoms with van der Waals surface area (Å²) in [4.78, 5) is 15.1. The summed E-state index contributed by atoms with van der Waals surface area (Å²) >= 11 is 0. The average molecular weight is 476 g/mol. The standard InChI is InChI=1S/C28H29NO6/c1-33-26-10-7-21(17-25(26)29(12-14-30)13-15-31)24-19-35-27-18-22(8-9-23(27)28(24)32)34-16-11-20-5-3-2-4-6-20/h2-10,17-19,30-31H,11-16H2,1H3. The Kier molecular flexibility index (Phi) is 8.03. The Bertz CT molecular complexity index is 1310. The second-order valence-electron chi connectivity index (χ2n) is 8.04. The van der Waals surface area contributed by atoms with Crippen molar-refractivity contribution in [3.8, 4) is 22.6 Å². The molecule has 0 bridgehead atoms. The lowest BCUT2D eigenvalue weighted by molar-refractivity contribution is 0.280. The van der Waals surface area contributed by atoms with Crippen LogP contribution in [0.2, 0.25) is 0 Å². The van der Waals surface area contributed by atoms with E-state index in [4.69, 9.17) is 13.9 Å². The summed E-state index contributed by atoms with van der Waals surface area (Å²) in [6, 6.07) is 20.7. The van der Waals surface area contributed by atoms with Crippen molar-refractivity contribution in [2.45, 2.75) is 6.42 Å². The summed E-state index contributed by atoms with van der Waals surface area (Å²) in [5.41, 5.74) is 3.23. The van der Waals surface area contributed by atoms with Crippen LogP contribution in [-0.2, 0) is 6.42 Å². The summed E-state index contributed by atoms with van der Waals surface area (Å²) in [5, 5.41) is 19.3. The number of fused-ring (bicyclic) bond motifs is 1. The molecule has 7 heteroatoms. The zero-order chi connectivity index (χ0) is 24.6. The molecule has 0 atom stereocenters. The first kappa shape index (κ1) is 24.3. The summed E-state index contributed by atoms with van der Waals surface area (Å²) < 4.78 is 17.2. The van der Waals surface area contributed by atoms with Gasteiger partial charge in [0.2, 0.25) is 0 Å². The van der Waals surface area contributed by atoms with Crippen LogP contribution in [0.15, 0.2) is 82.2 Å². The van der Waals surface area contributed by atoms with Crippen molar-refractivity contribution in [1.29, 1.82) is 0 Å². The van der Waals surface area contributed by atoms with Gasteiger partial charge < -0.3 is 29.0 Å². The van der Waals surface area contributed by atoms with Crippen LogP contribution in [0.4, 0.5) is 5.69 Å². The Labute approximate surface area is 203 Å². The number of ether oxygens (including phenoxy) is 2. The fourth-order valence-electron chi connectivity index (χ4n) is 4.03. The van der Waals surface area contributed by atoms with Gasteiger partial charge in [0.1, 0.15) is 23.3 Å². The number of benzene rings is 3. The maximum absolute atomic E-state index is 13.3. The van der Waals surface area contributed by atoms with Gasteiger partial charge in [-0.3, -0.25) is 4.79 Å². The molecule has 1 heterocycles. The van der Waals surface area contributed by atoms with Crippen molar-refractivity contribution in [2.24, 2.45) is 0 Å². The first-order chi connectivity index (χ1) is 17.1. The van der Waals surface area contributed by atoms with Gasteiger partial charge in [0.05, 0.1) is 43.6 Å². The van der Waals surface area contributed by atoms with Gasteiger partial charge in [-0.2, -0.15) is 0 Å². The molecule has 0 amide bonds. The molecule has 7 nitrogen and oxygen atoms in total. The van der Waals surface area contributed by atoms with Crippen molar-refractivity contribution in [2.75, 3.05) is 44.9 Å². The van der Waals surface area contributed by atoms with Gasteiger partial charge in [0.15, 0.2) is 5.43 Å². The molecule has 0 aliphatic rings. The quantitative estimate of drug-likeness (QED) is 0.340. The van der Waals surface area contributed by atoms with Crippen LogP contribution in [0.3, 0.4) is 0 Å². The fraction of sp³-hybridized carbons (Fsp3) is 0.250. The monoisotopic (exact) mass is 475 g/mol. The van der Waals surface area contributed by atoms with Gasteiger partial charge in [-0.1, -0.05) is 36.4 Å². The van der Waals surface area contributed by atoms with Gasteiger partial charge >= 0.3 is 0 Å². The van der Waals surface area contributed by atoms with E-state index in [0.29, 0.717) is 59.0 Å². The van der Waals surface area contributed by atoms with E-state index >= 15 is 0 Å². The molecule has 0 unspecified atom stereocenters. The van der Waals surface area contributed by atoms with Crippen LogP contribution in [0.25, 0.3) is 22.1 Å². The van der Waals surface area contributed by atoms with E-state index in [9.17, 15) is 15.0 Å². The summed E-state index contributed by atoms with van der Waals surface area (Å²) in [6.45, 7) is 0.993. The maximum atomic E-state index is 13.3. The lowest BCUT2D eigenvalue weighted by Crippen LogP contribution is -2.30. The molecule has 182 valence electrons. The van der Waals surface area contributed by atoms with E-state index in [1.54, 1.807) is 37.4 Å². The molecule has 1 aromatic heterocycles. The predicted octanol–water partition coefficient (Wildman–Crippen LogP) is 3.88. The largest absolute Gasteiger partial charge is 0.495 e. The van der Waals surface area contributed by atoms with Crippen LogP contribution >= 0.6 is 0 Å². The van der Waals surface area contributed by atoms with Gasteiger partial charge in [-0.25, -0.2) is 0 Å². The second kappa shape index (κ2) is 11.6. The molecule has 4 aromatic rings. The number of aliphatic hydroxyl groups is 2. The van der Waals surface area contributed by atoms with E-state index in [1.807, 2.05) is 29.2 Å². The van der Waals surface area contributed by atoms with Crippen LogP contribution in [0.5, 0.6) is 11.5 Å². The number of methoxy groups -OCH3 is 1. The minimum Gasteiger partial charge on any atom is -0.495 e. The minimum atomic E-state index is -0.158. The van der Waals surface area contributed by atoms with Gasteiger partial charge in [0.25, 0.3) is 0 Å². The molecule has 2 N–H and O–H groups in total. The number of rotatable bonds is 11. The molecular weight excluding hydrogens is 446 g/mol. The highest BCUT2D eigenvalue weighted by Gasteiger charge is 2.16. The lowest BCUT2D eigenvalue weighted by Gasteiger charge is -2.25. The van der Waals surface area contributed by atoms with E-state index < -0.39 is 0 Å². The molecule has 4 rings (SSSR count). The highest BCUT2D eigenvalue weighted by Crippen LogP contribution is 2.33. The maximum Gasteiger partial charge on any atom is 0.200 e. The number of hydrogen-bond acceptors (Lipinski definition) is 7. The molecule has 3 aromatic carbocycles. The summed E-state index contributed by atoms with van der Waals surface area (Å²) in [6.07, 6.45) is 2.23. The third kappa shape index (κ3) is 5.65. The third-order valence-corrected chi connectivity index (χ3v) is 5.82. The van der Waals surface area contributed by atoms with Crippen molar-refractivity contribution >= 4 is 16.7 Å². The smallest absolute Gasteiger partial charge is 0.200 e. The van der Waals surface area contributed by atoms with Crippen LogP contribution in [0.1, 0.15) is 5.56 Å². The fourth-order valence-corrected chi connectivity index (χ4v) is 4.03. The molecular formula is C28H29NO6. The van der Waals surface area contributed by atoms with E-state index in [-0.39, 0.29) is 18.6 Å². The third-order valence-electron chi connectivity index (χ3n) is 5.82. The Hall–Kier alpha value is -3.81. The first-order valence-electron chi connectivity index (χ1n) is 11.5. The molecule has 35 heavy (non-hydrogen) atoms. The van der Waals surface area contributed by atoms with Crippen LogP contribution in [0, 0.1) is 0 Å². The Morgan fingerprint density at radius 1 is 0.943 bits per heavy atom. The van der Waals surface area contributed by atoms with Gasteiger partial charge in [-0.05, 0) is 35.4 Å². The zero-order valence-electron chi connectivity index (χ0n) is 19.6. The zero-order valence-corrected chi connectivity index (χ0v) is 19.6. The minimum absolute atomic E-state index is 0.0821. The second-order valence-corrected chi connectivity index (χ2v) is 8.04. The number of hydrogen-bond donors (Lipinski definition) is 2. The Morgan fingerprint density at radius 2 is 1.71 bits per heavy atom. The van der Waals surface area contributed by atoms with Crippen molar-refractivity contribution in [1.82, 2.24) is 0 Å². The SMILES string of the molecule is COc1ccc(-c2coc3cc(OCCc4ccccc4)ccc3c2=O)cc1N(CCO)CCO. The molecule has 0 saturated heterocycles. The van der Waals surface area contributed by atoms with Crippen molar-refractivity contribution < 1.29 is 24.1 Å². The van der Waals surface area contributed by atoms with Crippen molar-refractivity contribution in [3.05, 3.63) is 88.8 Å². The molecule has 0 fully saturated rings. The van der Waals surface area contributed by atoms with E-state index in [2.05, 4.69) is 12.1 Å². The van der Waals surface area contributed by atoms with E-state index in [0.717, 1.165) is 6.42 Å². The molecule has 0 aliphatic heterocycles. The topological polar surface area (TPSA) is 92.4 Å². The molecule has 0 radical (unpaired) electrons. The van der Waals surface area contributed by atoms with Crippen LogP contribution < -0.4 is 19.8 Å². The summed E-state index contributed by atoms with van der Waals surface area (Å²) in [7, 11) is 1.55. The number of anilines is 1. The normalized spacial score (nSPS) is 10.9. The van der Waals surface area contributed by atoms with E-state index in [1.165, 1.54) is 11.8 Å². The number of aliphatic hydroxyl groups excluding tert-OH is 2. The molecule has 0 aliphatic carbocycles. The Balaban J connectivity index is 1.60. The predicted molar refractivity (Wildman–Crippen MR) is 136 cm³/mol. The highest BCUT2D eigenvalue weighted by molar-refractivity contribution is 5.83. The highest BCUT2D eigenvalue weighted by atomic mass is 16.5. The van der Waals surface area contributed by atoms with Crippen molar-refractivity contribution in [3.63, 3.8) is 0 Å². The summed E-state index contributed by atoms with van der Waals surface area (Å²) in [5.74, 6) is 1.22. The van der Waals surface area contributed by atoms with Crippen LogP contribution in [-0.4, -0.2) is 50.2 Å². The molecule has 0 saturated carbocycles. The average Bonchev–Trinajstić information content (AvgIpc) is 2.89.